The van der Waals surface area contributed by atoms with Crippen LogP contribution in [0.15, 0.2) is 0 Å². The van der Waals surface area contributed by atoms with E-state index in [2.05, 4.69) is 25.7 Å². The SMILES string of the molecule is CCCOc1nc(NN)nc(NC2CC(O)C2)n1. The van der Waals surface area contributed by atoms with Gasteiger partial charge in [0.15, 0.2) is 0 Å². The van der Waals surface area contributed by atoms with Crippen molar-refractivity contribution in [3.8, 4) is 6.01 Å². The Morgan fingerprint density at radius 1 is 1.33 bits per heavy atom. The van der Waals surface area contributed by atoms with Crippen molar-refractivity contribution in [3.63, 3.8) is 0 Å². The number of rotatable bonds is 6. The molecule has 1 fully saturated rings. The molecule has 5 N–H and O–H groups in total. The topological polar surface area (TPSA) is 118 Å². The summed E-state index contributed by atoms with van der Waals surface area (Å²) in [7, 11) is 0. The molecule has 1 heterocycles. The minimum absolute atomic E-state index is 0.187. The van der Waals surface area contributed by atoms with Gasteiger partial charge in [0.1, 0.15) is 0 Å². The van der Waals surface area contributed by atoms with Crippen molar-refractivity contribution in [2.24, 2.45) is 5.84 Å². The van der Waals surface area contributed by atoms with Crippen molar-refractivity contribution < 1.29 is 9.84 Å². The van der Waals surface area contributed by atoms with E-state index < -0.39 is 0 Å². The van der Waals surface area contributed by atoms with Crippen LogP contribution in [-0.4, -0.2) is 38.8 Å². The molecule has 0 amide bonds. The van der Waals surface area contributed by atoms with Crippen LogP contribution in [0.2, 0.25) is 0 Å². The van der Waals surface area contributed by atoms with E-state index in [1.54, 1.807) is 0 Å². The average molecular weight is 254 g/mol. The van der Waals surface area contributed by atoms with Gasteiger partial charge in [-0.15, -0.1) is 0 Å². The number of aromatic nitrogens is 3. The van der Waals surface area contributed by atoms with Gasteiger partial charge in [-0.2, -0.15) is 15.0 Å². The summed E-state index contributed by atoms with van der Waals surface area (Å²) in [6.07, 6.45) is 2.03. The number of hydrazine groups is 1. The van der Waals surface area contributed by atoms with E-state index in [1.807, 2.05) is 6.92 Å². The van der Waals surface area contributed by atoms with E-state index in [4.69, 9.17) is 10.6 Å². The zero-order valence-corrected chi connectivity index (χ0v) is 10.3. The van der Waals surface area contributed by atoms with Crippen molar-refractivity contribution in [1.82, 2.24) is 15.0 Å². The number of hydrogen-bond donors (Lipinski definition) is 4. The number of nitrogens with zero attached hydrogens (tertiary/aromatic N) is 3. The normalized spacial score (nSPS) is 22.2. The summed E-state index contributed by atoms with van der Waals surface area (Å²) in [5.41, 5.74) is 2.37. The van der Waals surface area contributed by atoms with Crippen molar-refractivity contribution >= 4 is 11.9 Å². The first-order valence-corrected chi connectivity index (χ1v) is 6.01. The molecule has 1 aromatic heterocycles. The molecule has 1 saturated carbocycles. The molecule has 0 spiro atoms. The number of aliphatic hydroxyl groups excluding tert-OH is 1. The lowest BCUT2D eigenvalue weighted by molar-refractivity contribution is 0.0834. The number of hydrogen-bond acceptors (Lipinski definition) is 8. The highest BCUT2D eigenvalue weighted by Gasteiger charge is 2.27. The molecule has 8 nitrogen and oxygen atoms in total. The second-order valence-corrected chi connectivity index (χ2v) is 4.22. The molecule has 8 heteroatoms. The van der Waals surface area contributed by atoms with Gasteiger partial charge in [0.05, 0.1) is 12.7 Å². The second kappa shape index (κ2) is 5.78. The Hall–Kier alpha value is -1.67. The molecule has 100 valence electrons. The molecule has 0 aliphatic heterocycles. The third-order valence-corrected chi connectivity index (χ3v) is 2.63. The van der Waals surface area contributed by atoms with Crippen molar-refractivity contribution in [1.29, 1.82) is 0 Å². The third-order valence-electron chi connectivity index (χ3n) is 2.63. The zero-order valence-electron chi connectivity index (χ0n) is 10.3. The fourth-order valence-corrected chi connectivity index (χ4v) is 1.63. The standard InChI is InChI=1S/C10H18N6O2/c1-2-3-18-10-14-8(13-9(15-10)16-11)12-6-4-7(17)5-6/h6-7,17H,2-5,11H2,1H3,(H2,12,13,14,15,16). The first-order valence-electron chi connectivity index (χ1n) is 6.01. The van der Waals surface area contributed by atoms with Gasteiger partial charge in [-0.1, -0.05) is 6.92 Å². The Morgan fingerprint density at radius 2 is 2.06 bits per heavy atom. The highest BCUT2D eigenvalue weighted by atomic mass is 16.5. The molecule has 0 unspecified atom stereocenters. The number of nitrogens with one attached hydrogen (secondary N) is 2. The van der Waals surface area contributed by atoms with Gasteiger partial charge in [-0.3, -0.25) is 5.43 Å². The second-order valence-electron chi connectivity index (χ2n) is 4.22. The Morgan fingerprint density at radius 3 is 2.67 bits per heavy atom. The van der Waals surface area contributed by atoms with Gasteiger partial charge in [-0.05, 0) is 19.3 Å². The molecule has 0 saturated heterocycles. The molecule has 1 aliphatic rings. The largest absolute Gasteiger partial charge is 0.463 e. The van der Waals surface area contributed by atoms with Crippen LogP contribution in [-0.2, 0) is 0 Å². The summed E-state index contributed by atoms with van der Waals surface area (Å²) in [4.78, 5) is 12.2. The maximum absolute atomic E-state index is 9.22. The van der Waals surface area contributed by atoms with Crippen LogP contribution in [0, 0.1) is 0 Å². The van der Waals surface area contributed by atoms with Gasteiger partial charge in [0, 0.05) is 6.04 Å². The predicted octanol–water partition coefficient (Wildman–Crippen LogP) is -0.119. The van der Waals surface area contributed by atoms with E-state index in [1.165, 1.54) is 0 Å². The van der Waals surface area contributed by atoms with E-state index in [-0.39, 0.29) is 24.1 Å². The summed E-state index contributed by atoms with van der Waals surface area (Å²) < 4.78 is 5.35. The van der Waals surface area contributed by atoms with Gasteiger partial charge in [-0.25, -0.2) is 5.84 Å². The Bertz CT molecular complexity index is 396. The van der Waals surface area contributed by atoms with Crippen LogP contribution in [0.4, 0.5) is 11.9 Å². The molecule has 0 atom stereocenters. The molecular weight excluding hydrogens is 236 g/mol. The third kappa shape index (κ3) is 3.17. The summed E-state index contributed by atoms with van der Waals surface area (Å²) in [5, 5.41) is 12.3. The smallest absolute Gasteiger partial charge is 0.323 e. The molecule has 1 aliphatic carbocycles. The van der Waals surface area contributed by atoms with Crippen molar-refractivity contribution in [2.45, 2.75) is 38.3 Å². The van der Waals surface area contributed by atoms with Crippen molar-refractivity contribution in [3.05, 3.63) is 0 Å². The average Bonchev–Trinajstić information content (AvgIpc) is 2.34. The van der Waals surface area contributed by atoms with E-state index in [0.29, 0.717) is 25.4 Å². The van der Waals surface area contributed by atoms with Crippen LogP contribution in [0.3, 0.4) is 0 Å². The van der Waals surface area contributed by atoms with Gasteiger partial charge in [0.25, 0.3) is 0 Å². The number of nitrogen functional groups attached to an aromatic ring is 1. The summed E-state index contributed by atoms with van der Waals surface area (Å²) in [5.74, 6) is 5.94. The Balaban J connectivity index is 2.03. The number of aliphatic hydroxyl groups is 1. The molecule has 0 bridgehead atoms. The number of anilines is 2. The summed E-state index contributed by atoms with van der Waals surface area (Å²) >= 11 is 0. The Labute approximate surface area is 105 Å². The monoisotopic (exact) mass is 254 g/mol. The fourth-order valence-electron chi connectivity index (χ4n) is 1.63. The molecular formula is C10H18N6O2. The van der Waals surface area contributed by atoms with Crippen molar-refractivity contribution in [2.75, 3.05) is 17.3 Å². The minimum Gasteiger partial charge on any atom is -0.463 e. The van der Waals surface area contributed by atoms with Crippen LogP contribution in [0.1, 0.15) is 26.2 Å². The minimum atomic E-state index is -0.229. The highest BCUT2D eigenvalue weighted by Crippen LogP contribution is 2.23. The lowest BCUT2D eigenvalue weighted by Crippen LogP contribution is -2.39. The van der Waals surface area contributed by atoms with Crippen LogP contribution in [0.25, 0.3) is 0 Å². The first kappa shape index (κ1) is 12.8. The lowest BCUT2D eigenvalue weighted by atomic mass is 9.90. The molecule has 18 heavy (non-hydrogen) atoms. The molecule has 2 rings (SSSR count). The van der Waals surface area contributed by atoms with E-state index in [0.717, 1.165) is 6.42 Å². The predicted molar refractivity (Wildman–Crippen MR) is 66.1 cm³/mol. The quantitative estimate of drug-likeness (QED) is 0.410. The maximum Gasteiger partial charge on any atom is 0.323 e. The van der Waals surface area contributed by atoms with Gasteiger partial charge >= 0.3 is 6.01 Å². The summed E-state index contributed by atoms with van der Waals surface area (Å²) in [6, 6.07) is 0.425. The number of ether oxygens (including phenoxy) is 1. The first-order chi connectivity index (χ1) is 8.71. The van der Waals surface area contributed by atoms with Gasteiger partial charge in [0.2, 0.25) is 11.9 Å². The number of nitrogens with two attached hydrogens (primary N) is 1. The Kier molecular flexibility index (Phi) is 4.11. The molecule has 1 aromatic rings. The van der Waals surface area contributed by atoms with Crippen LogP contribution < -0.4 is 21.3 Å². The van der Waals surface area contributed by atoms with Crippen LogP contribution in [0.5, 0.6) is 6.01 Å². The molecule has 0 aromatic carbocycles. The highest BCUT2D eigenvalue weighted by molar-refractivity contribution is 5.36. The fraction of sp³-hybridized carbons (Fsp3) is 0.700. The van der Waals surface area contributed by atoms with Crippen LogP contribution >= 0.6 is 0 Å². The van der Waals surface area contributed by atoms with E-state index >= 15 is 0 Å². The summed E-state index contributed by atoms with van der Waals surface area (Å²) in [6.45, 7) is 2.54. The lowest BCUT2D eigenvalue weighted by Gasteiger charge is -2.31. The zero-order chi connectivity index (χ0) is 13.0. The molecule has 0 radical (unpaired) electrons. The maximum atomic E-state index is 9.22. The van der Waals surface area contributed by atoms with E-state index in [9.17, 15) is 5.11 Å². The van der Waals surface area contributed by atoms with Gasteiger partial charge < -0.3 is 15.2 Å².